The monoisotopic (exact) mass is 568 g/mol. The summed E-state index contributed by atoms with van der Waals surface area (Å²) in [6.45, 7) is 2.30. The van der Waals surface area contributed by atoms with Crippen molar-refractivity contribution in [2.24, 2.45) is 0 Å². The van der Waals surface area contributed by atoms with E-state index in [-0.39, 0.29) is 29.7 Å². The molecule has 11 heteroatoms. The van der Waals surface area contributed by atoms with E-state index in [1.807, 2.05) is 48.7 Å². The van der Waals surface area contributed by atoms with Gasteiger partial charge in [-0.05, 0) is 36.1 Å². The molecule has 0 saturated carbocycles. The van der Waals surface area contributed by atoms with Crippen molar-refractivity contribution < 1.29 is 23.1 Å². The van der Waals surface area contributed by atoms with Gasteiger partial charge in [0, 0.05) is 30.8 Å². The zero-order valence-corrected chi connectivity index (χ0v) is 23.0. The minimum atomic E-state index is -0.711. The maximum absolute atomic E-state index is 15.3. The molecular weight excluding hydrogens is 542 g/mol. The van der Waals surface area contributed by atoms with Gasteiger partial charge in [0.15, 0.2) is 0 Å². The zero-order chi connectivity index (χ0) is 27.5. The molecule has 1 N–H and O–H groups in total. The number of halogens is 2. The molecule has 4 aromatic rings. The molecule has 0 aliphatic carbocycles. The quantitative estimate of drug-likeness (QED) is 0.299. The number of aryl methyl sites for hydroxylation is 1. The average Bonchev–Trinajstić information content (AvgIpc) is 3.55. The van der Waals surface area contributed by atoms with E-state index >= 15 is 4.39 Å². The lowest BCUT2D eigenvalue weighted by Gasteiger charge is -2.23. The number of amides is 2. The van der Waals surface area contributed by atoms with Gasteiger partial charge in [-0.15, -0.1) is 23.1 Å². The van der Waals surface area contributed by atoms with Crippen LogP contribution in [0.1, 0.15) is 21.9 Å². The molecule has 1 unspecified atom stereocenters. The fourth-order valence-electron chi connectivity index (χ4n) is 4.54. The van der Waals surface area contributed by atoms with Crippen LogP contribution in [0, 0.1) is 18.6 Å². The van der Waals surface area contributed by atoms with Crippen LogP contribution in [0.4, 0.5) is 14.6 Å². The first-order valence-corrected chi connectivity index (χ1v) is 14.2. The second-order valence-corrected chi connectivity index (χ2v) is 11.0. The molecule has 3 heterocycles. The summed E-state index contributed by atoms with van der Waals surface area (Å²) in [5.74, 6) is -1.71. The summed E-state index contributed by atoms with van der Waals surface area (Å²) in [5.41, 5.74) is 3.03. The molecule has 2 aromatic carbocycles. The van der Waals surface area contributed by atoms with Crippen LogP contribution in [0.15, 0.2) is 60.0 Å². The van der Waals surface area contributed by atoms with Gasteiger partial charge in [0.05, 0.1) is 28.2 Å². The first-order valence-electron chi connectivity index (χ1n) is 12.2. The van der Waals surface area contributed by atoms with Crippen LogP contribution < -0.4 is 10.2 Å². The van der Waals surface area contributed by atoms with Gasteiger partial charge in [0.25, 0.3) is 0 Å². The third-order valence-corrected chi connectivity index (χ3v) is 8.48. The molecule has 7 nitrogen and oxygen atoms in total. The number of carbonyl (C=O) groups is 2. The Hall–Kier alpha value is -3.54. The molecular formula is C28H26F2N4O3S2. The fraction of sp³-hybridized carbons (Fsp3) is 0.250. The number of aromatic nitrogens is 2. The van der Waals surface area contributed by atoms with Crippen LogP contribution in [-0.4, -0.2) is 54.2 Å². The second-order valence-electron chi connectivity index (χ2n) is 8.94. The van der Waals surface area contributed by atoms with E-state index in [1.165, 1.54) is 47.2 Å². The number of thioether (sulfide) groups is 1. The summed E-state index contributed by atoms with van der Waals surface area (Å²) < 4.78 is 35.8. The SMILES string of the molecule is COCCNC(=O)CN1C(=O)CSC(c2ccc(F)cc2F)c2c(-c3cccs3)nn(-c3ccccc3C)c21. The average molecular weight is 569 g/mol. The van der Waals surface area contributed by atoms with E-state index in [9.17, 15) is 14.0 Å². The fourth-order valence-corrected chi connectivity index (χ4v) is 6.48. The highest BCUT2D eigenvalue weighted by Crippen LogP contribution is 2.49. The van der Waals surface area contributed by atoms with Gasteiger partial charge in [-0.25, -0.2) is 13.5 Å². The van der Waals surface area contributed by atoms with Crippen molar-refractivity contribution in [2.45, 2.75) is 12.2 Å². The first-order chi connectivity index (χ1) is 18.9. The van der Waals surface area contributed by atoms with Crippen LogP contribution in [0.3, 0.4) is 0 Å². The lowest BCUT2D eigenvalue weighted by molar-refractivity contribution is -0.123. The summed E-state index contributed by atoms with van der Waals surface area (Å²) in [7, 11) is 1.54. The van der Waals surface area contributed by atoms with Gasteiger partial charge in [-0.1, -0.05) is 30.3 Å². The number of benzene rings is 2. The molecule has 0 fully saturated rings. The molecule has 1 aliphatic rings. The minimum Gasteiger partial charge on any atom is -0.383 e. The molecule has 0 bridgehead atoms. The van der Waals surface area contributed by atoms with Gasteiger partial charge in [0.1, 0.15) is 29.7 Å². The van der Waals surface area contributed by atoms with E-state index in [2.05, 4.69) is 5.32 Å². The third kappa shape index (κ3) is 5.47. The maximum atomic E-state index is 15.3. The van der Waals surface area contributed by atoms with Crippen molar-refractivity contribution in [2.75, 3.05) is 37.5 Å². The highest BCUT2D eigenvalue weighted by molar-refractivity contribution is 8.00. The van der Waals surface area contributed by atoms with Gasteiger partial charge in [0.2, 0.25) is 11.8 Å². The number of nitrogens with one attached hydrogen (secondary N) is 1. The number of thiophene rings is 1. The van der Waals surface area contributed by atoms with Crippen LogP contribution in [0.2, 0.25) is 0 Å². The minimum absolute atomic E-state index is 0.0147. The number of hydrogen-bond donors (Lipinski definition) is 1. The van der Waals surface area contributed by atoms with Crippen LogP contribution in [0.25, 0.3) is 16.3 Å². The van der Waals surface area contributed by atoms with E-state index < -0.39 is 16.9 Å². The molecule has 0 radical (unpaired) electrons. The number of hydrogen-bond acceptors (Lipinski definition) is 6. The van der Waals surface area contributed by atoms with Gasteiger partial charge in [-0.2, -0.15) is 5.10 Å². The van der Waals surface area contributed by atoms with Crippen molar-refractivity contribution in [3.8, 4) is 16.3 Å². The number of fused-ring (bicyclic) bond motifs is 1. The molecule has 0 spiro atoms. The number of ether oxygens (including phenoxy) is 1. The highest BCUT2D eigenvalue weighted by Gasteiger charge is 2.39. The van der Waals surface area contributed by atoms with Gasteiger partial charge < -0.3 is 10.1 Å². The molecule has 2 aromatic heterocycles. The van der Waals surface area contributed by atoms with Gasteiger partial charge >= 0.3 is 0 Å². The van der Waals surface area contributed by atoms with Crippen molar-refractivity contribution in [3.63, 3.8) is 0 Å². The van der Waals surface area contributed by atoms with Gasteiger partial charge in [-0.3, -0.25) is 14.5 Å². The first kappa shape index (κ1) is 27.0. The largest absolute Gasteiger partial charge is 0.383 e. The standard InChI is InChI=1S/C28H26F2N4O3S2/c1-17-6-3-4-7-21(17)34-28-25(26(32-34)22-8-5-13-38-22)27(19-10-9-18(29)14-20(19)30)39-16-24(36)33(28)15-23(35)31-11-12-37-2/h3-10,13-14,27H,11-12,15-16H2,1-2H3,(H,31,35). The van der Waals surface area contributed by atoms with Crippen LogP contribution in [0.5, 0.6) is 0 Å². The lowest BCUT2D eigenvalue weighted by Crippen LogP contribution is -2.43. The second kappa shape index (κ2) is 11.7. The Balaban J connectivity index is 1.76. The molecule has 0 saturated heterocycles. The van der Waals surface area contributed by atoms with Crippen molar-refractivity contribution in [3.05, 3.63) is 88.3 Å². The van der Waals surface area contributed by atoms with Crippen molar-refractivity contribution >= 4 is 40.7 Å². The van der Waals surface area contributed by atoms with Crippen LogP contribution >= 0.6 is 23.1 Å². The molecule has 39 heavy (non-hydrogen) atoms. The third-order valence-electron chi connectivity index (χ3n) is 6.36. The molecule has 5 rings (SSSR count). The van der Waals surface area contributed by atoms with E-state index in [1.54, 1.807) is 4.68 Å². The normalized spacial score (nSPS) is 15.2. The summed E-state index contributed by atoms with van der Waals surface area (Å²) in [6.07, 6.45) is 0. The number of para-hydroxylation sites is 1. The number of anilines is 1. The summed E-state index contributed by atoms with van der Waals surface area (Å²) in [5, 5.41) is 8.98. The Morgan fingerprint density at radius 1 is 1.18 bits per heavy atom. The van der Waals surface area contributed by atoms with E-state index in [0.29, 0.717) is 30.2 Å². The molecule has 1 aliphatic heterocycles. The summed E-state index contributed by atoms with van der Waals surface area (Å²) >= 11 is 2.70. The summed E-state index contributed by atoms with van der Waals surface area (Å²) in [4.78, 5) is 28.8. The Labute approximate surface area is 232 Å². The maximum Gasteiger partial charge on any atom is 0.240 e. The zero-order valence-electron chi connectivity index (χ0n) is 21.3. The van der Waals surface area contributed by atoms with E-state index in [0.717, 1.165) is 22.2 Å². The van der Waals surface area contributed by atoms with Crippen molar-refractivity contribution in [1.29, 1.82) is 0 Å². The topological polar surface area (TPSA) is 76.5 Å². The Morgan fingerprint density at radius 2 is 2.00 bits per heavy atom. The highest BCUT2D eigenvalue weighted by atomic mass is 32.2. The number of methoxy groups -OCH3 is 1. The predicted molar refractivity (Wildman–Crippen MR) is 150 cm³/mol. The van der Waals surface area contributed by atoms with Crippen LogP contribution in [-0.2, 0) is 14.3 Å². The predicted octanol–water partition coefficient (Wildman–Crippen LogP) is 5.12. The Bertz CT molecular complexity index is 1510. The molecule has 1 atom stereocenters. The number of rotatable bonds is 8. The Morgan fingerprint density at radius 3 is 2.72 bits per heavy atom. The smallest absolute Gasteiger partial charge is 0.240 e. The summed E-state index contributed by atoms with van der Waals surface area (Å²) in [6, 6.07) is 14.9. The molecule has 2 amide bonds. The number of nitrogens with zero attached hydrogens (tertiary/aromatic N) is 3. The number of carbonyl (C=O) groups excluding carboxylic acids is 2. The van der Waals surface area contributed by atoms with Crippen molar-refractivity contribution in [1.82, 2.24) is 15.1 Å². The van der Waals surface area contributed by atoms with E-state index in [4.69, 9.17) is 9.84 Å². The lowest BCUT2D eigenvalue weighted by atomic mass is 10.0. The Kier molecular flexibility index (Phi) is 8.10. The molecule has 202 valence electrons.